The van der Waals surface area contributed by atoms with Crippen molar-refractivity contribution in [3.05, 3.63) is 17.7 Å². The van der Waals surface area contributed by atoms with Gasteiger partial charge in [-0.05, 0) is 26.9 Å². The average molecular weight is 266 g/mol. The van der Waals surface area contributed by atoms with Gasteiger partial charge in [0.25, 0.3) is 5.91 Å². The maximum absolute atomic E-state index is 12.2. The standard InChI is InChI=1S/C12H18N4O3/c1-15(2)8-3-5-16(6-4-8)11(17)9-10(12(18)19)14-7-13-9/h7-8H,3-6H2,1-2H3,(H,13,14)(H,18,19). The van der Waals surface area contributed by atoms with Gasteiger partial charge in [0, 0.05) is 19.1 Å². The van der Waals surface area contributed by atoms with Crippen molar-refractivity contribution in [1.82, 2.24) is 19.8 Å². The summed E-state index contributed by atoms with van der Waals surface area (Å²) in [4.78, 5) is 33.3. The zero-order chi connectivity index (χ0) is 14.0. The van der Waals surface area contributed by atoms with Gasteiger partial charge < -0.3 is 19.9 Å². The molecule has 1 amide bonds. The van der Waals surface area contributed by atoms with Gasteiger partial charge in [0.2, 0.25) is 0 Å². The lowest BCUT2D eigenvalue weighted by Gasteiger charge is -2.34. The number of aromatic carboxylic acids is 1. The van der Waals surface area contributed by atoms with Gasteiger partial charge in [0.05, 0.1) is 6.33 Å². The fraction of sp³-hybridized carbons (Fsp3) is 0.583. The summed E-state index contributed by atoms with van der Waals surface area (Å²) in [5.74, 6) is -1.47. The smallest absolute Gasteiger partial charge is 0.354 e. The topological polar surface area (TPSA) is 89.5 Å². The predicted octanol–water partition coefficient (Wildman–Crippen LogP) is 0.274. The van der Waals surface area contributed by atoms with E-state index in [4.69, 9.17) is 5.11 Å². The Kier molecular flexibility index (Phi) is 3.84. The number of amides is 1. The minimum absolute atomic E-state index is 0.00389. The molecular weight excluding hydrogens is 248 g/mol. The summed E-state index contributed by atoms with van der Waals surface area (Å²) in [6.07, 6.45) is 3.03. The Balaban J connectivity index is 2.05. The molecule has 0 aliphatic carbocycles. The molecule has 7 nitrogen and oxygen atoms in total. The Morgan fingerprint density at radius 1 is 1.42 bits per heavy atom. The fourth-order valence-electron chi connectivity index (χ4n) is 2.35. The number of piperidine rings is 1. The number of nitrogens with zero attached hydrogens (tertiary/aromatic N) is 3. The second-order valence-corrected chi connectivity index (χ2v) is 4.92. The van der Waals surface area contributed by atoms with E-state index in [-0.39, 0.29) is 17.3 Å². The molecule has 1 aliphatic heterocycles. The summed E-state index contributed by atoms with van der Waals surface area (Å²) >= 11 is 0. The molecule has 0 bridgehead atoms. The van der Waals surface area contributed by atoms with E-state index in [0.29, 0.717) is 19.1 Å². The molecule has 1 aromatic rings. The van der Waals surface area contributed by atoms with Gasteiger partial charge in [0.1, 0.15) is 0 Å². The Morgan fingerprint density at radius 2 is 2.05 bits per heavy atom. The van der Waals surface area contributed by atoms with E-state index < -0.39 is 5.97 Å². The molecule has 1 fully saturated rings. The van der Waals surface area contributed by atoms with E-state index in [1.807, 2.05) is 14.1 Å². The third kappa shape index (κ3) is 2.76. The highest BCUT2D eigenvalue weighted by molar-refractivity contribution is 6.02. The van der Waals surface area contributed by atoms with Crippen LogP contribution in [0.1, 0.15) is 33.8 Å². The van der Waals surface area contributed by atoms with Crippen LogP contribution in [0, 0.1) is 0 Å². The second kappa shape index (κ2) is 5.40. The minimum Gasteiger partial charge on any atom is -0.477 e. The van der Waals surface area contributed by atoms with Crippen molar-refractivity contribution in [3.8, 4) is 0 Å². The quantitative estimate of drug-likeness (QED) is 0.820. The number of imidazole rings is 1. The molecule has 0 saturated carbocycles. The SMILES string of the molecule is CN(C)C1CCN(C(=O)c2nc[nH]c2C(=O)O)CC1. The van der Waals surface area contributed by atoms with Crippen LogP contribution in [0.2, 0.25) is 0 Å². The van der Waals surface area contributed by atoms with E-state index in [2.05, 4.69) is 14.9 Å². The van der Waals surface area contributed by atoms with Crippen LogP contribution in [0.5, 0.6) is 0 Å². The van der Waals surface area contributed by atoms with Crippen LogP contribution < -0.4 is 0 Å². The van der Waals surface area contributed by atoms with Crippen molar-refractivity contribution < 1.29 is 14.7 Å². The van der Waals surface area contributed by atoms with Crippen molar-refractivity contribution >= 4 is 11.9 Å². The van der Waals surface area contributed by atoms with E-state index >= 15 is 0 Å². The first-order valence-electron chi connectivity index (χ1n) is 6.23. The van der Waals surface area contributed by atoms with Crippen LogP contribution in [0.15, 0.2) is 6.33 Å². The normalized spacial score (nSPS) is 16.9. The van der Waals surface area contributed by atoms with Gasteiger partial charge in [-0.15, -0.1) is 0 Å². The molecule has 104 valence electrons. The molecule has 0 aromatic carbocycles. The van der Waals surface area contributed by atoms with Crippen molar-refractivity contribution in [2.75, 3.05) is 27.2 Å². The summed E-state index contributed by atoms with van der Waals surface area (Å²) in [5.41, 5.74) is -0.143. The number of carbonyl (C=O) groups is 2. The summed E-state index contributed by atoms with van der Waals surface area (Å²) in [7, 11) is 4.05. The van der Waals surface area contributed by atoms with Crippen LogP contribution in [0.3, 0.4) is 0 Å². The number of H-pyrrole nitrogens is 1. The lowest BCUT2D eigenvalue weighted by atomic mass is 10.0. The van der Waals surface area contributed by atoms with Gasteiger partial charge in [-0.25, -0.2) is 9.78 Å². The van der Waals surface area contributed by atoms with Crippen molar-refractivity contribution in [1.29, 1.82) is 0 Å². The molecule has 1 aliphatic rings. The Hall–Kier alpha value is -1.89. The monoisotopic (exact) mass is 266 g/mol. The number of carboxylic acids is 1. The third-order valence-corrected chi connectivity index (χ3v) is 3.54. The van der Waals surface area contributed by atoms with Crippen LogP contribution in [0.25, 0.3) is 0 Å². The number of likely N-dealkylation sites (tertiary alicyclic amines) is 1. The highest BCUT2D eigenvalue weighted by atomic mass is 16.4. The molecule has 2 N–H and O–H groups in total. The molecule has 1 saturated heterocycles. The van der Waals surface area contributed by atoms with Crippen LogP contribution >= 0.6 is 0 Å². The van der Waals surface area contributed by atoms with E-state index in [0.717, 1.165) is 12.8 Å². The molecule has 7 heteroatoms. The van der Waals surface area contributed by atoms with Crippen molar-refractivity contribution in [2.45, 2.75) is 18.9 Å². The predicted molar refractivity (Wildman–Crippen MR) is 68.2 cm³/mol. The van der Waals surface area contributed by atoms with Gasteiger partial charge in [-0.2, -0.15) is 0 Å². The van der Waals surface area contributed by atoms with Gasteiger partial charge in [0.15, 0.2) is 11.4 Å². The summed E-state index contributed by atoms with van der Waals surface area (Å²) in [6, 6.07) is 0.474. The number of carbonyl (C=O) groups excluding carboxylic acids is 1. The summed E-state index contributed by atoms with van der Waals surface area (Å²) in [6.45, 7) is 1.27. The van der Waals surface area contributed by atoms with Crippen LogP contribution in [0.4, 0.5) is 0 Å². The second-order valence-electron chi connectivity index (χ2n) is 4.92. The Labute approximate surface area is 111 Å². The van der Waals surface area contributed by atoms with Crippen LogP contribution in [-0.4, -0.2) is 70.0 Å². The third-order valence-electron chi connectivity index (χ3n) is 3.54. The van der Waals surface area contributed by atoms with Crippen molar-refractivity contribution in [2.24, 2.45) is 0 Å². The number of aromatic nitrogens is 2. The molecule has 0 radical (unpaired) electrons. The lowest BCUT2D eigenvalue weighted by molar-refractivity contribution is 0.0628. The highest BCUT2D eigenvalue weighted by Gasteiger charge is 2.28. The zero-order valence-corrected chi connectivity index (χ0v) is 11.1. The molecule has 1 aromatic heterocycles. The fourth-order valence-corrected chi connectivity index (χ4v) is 2.35. The first-order valence-corrected chi connectivity index (χ1v) is 6.23. The largest absolute Gasteiger partial charge is 0.477 e. The first kappa shape index (κ1) is 13.5. The lowest BCUT2D eigenvalue weighted by Crippen LogP contribution is -2.44. The number of hydrogen-bond acceptors (Lipinski definition) is 4. The van der Waals surface area contributed by atoms with Crippen molar-refractivity contribution in [3.63, 3.8) is 0 Å². The highest BCUT2D eigenvalue weighted by Crippen LogP contribution is 2.17. The van der Waals surface area contributed by atoms with Crippen LogP contribution in [-0.2, 0) is 0 Å². The average Bonchev–Trinajstić information content (AvgIpc) is 2.87. The first-order chi connectivity index (χ1) is 9.00. The molecule has 0 atom stereocenters. The molecule has 19 heavy (non-hydrogen) atoms. The summed E-state index contributed by atoms with van der Waals surface area (Å²) < 4.78 is 0. The van der Waals surface area contributed by atoms with Gasteiger partial charge in [-0.1, -0.05) is 0 Å². The van der Waals surface area contributed by atoms with E-state index in [1.165, 1.54) is 6.33 Å². The van der Waals surface area contributed by atoms with Gasteiger partial charge in [-0.3, -0.25) is 4.79 Å². The zero-order valence-electron chi connectivity index (χ0n) is 11.1. The Morgan fingerprint density at radius 3 is 2.58 bits per heavy atom. The van der Waals surface area contributed by atoms with E-state index in [9.17, 15) is 9.59 Å². The number of carboxylic acid groups (broad SMARTS) is 1. The number of hydrogen-bond donors (Lipinski definition) is 2. The molecular formula is C12H18N4O3. The number of rotatable bonds is 3. The molecule has 0 spiro atoms. The Bertz CT molecular complexity index is 475. The van der Waals surface area contributed by atoms with E-state index in [1.54, 1.807) is 4.90 Å². The molecule has 0 unspecified atom stereocenters. The maximum Gasteiger partial charge on any atom is 0.354 e. The molecule has 2 rings (SSSR count). The van der Waals surface area contributed by atoms with Gasteiger partial charge >= 0.3 is 5.97 Å². The number of nitrogens with one attached hydrogen (secondary N) is 1. The number of aromatic amines is 1. The molecule has 2 heterocycles. The summed E-state index contributed by atoms with van der Waals surface area (Å²) in [5, 5.41) is 8.97. The maximum atomic E-state index is 12.2. The minimum atomic E-state index is -1.16.